The van der Waals surface area contributed by atoms with Gasteiger partial charge >= 0.3 is 0 Å². The molecule has 130 valence electrons. The molecule has 1 N–H and O–H groups in total. The fourth-order valence-electron chi connectivity index (χ4n) is 2.76. The SMILES string of the molecule is CC(C)C1NN(C)C(c2ccc([N+](=O)[O-])cc2)=NN1c1ccccc1. The first-order valence-corrected chi connectivity index (χ1v) is 8.15. The Hall–Kier alpha value is -2.93. The highest BCUT2D eigenvalue weighted by molar-refractivity contribution is 5.99. The number of amidine groups is 1. The third-order valence-corrected chi connectivity index (χ3v) is 4.10. The summed E-state index contributed by atoms with van der Waals surface area (Å²) in [6, 6.07) is 16.4. The molecule has 1 atom stereocenters. The van der Waals surface area contributed by atoms with Crippen molar-refractivity contribution >= 4 is 17.2 Å². The van der Waals surface area contributed by atoms with Crippen molar-refractivity contribution in [1.29, 1.82) is 0 Å². The smallest absolute Gasteiger partial charge is 0.269 e. The summed E-state index contributed by atoms with van der Waals surface area (Å²) in [4.78, 5) is 10.4. The minimum Gasteiger partial charge on any atom is -0.291 e. The second-order valence-corrected chi connectivity index (χ2v) is 6.28. The predicted molar refractivity (Wildman–Crippen MR) is 98.1 cm³/mol. The monoisotopic (exact) mass is 339 g/mol. The average molecular weight is 339 g/mol. The van der Waals surface area contributed by atoms with Gasteiger partial charge in [0.05, 0.1) is 10.6 Å². The Morgan fingerprint density at radius 1 is 1.12 bits per heavy atom. The lowest BCUT2D eigenvalue weighted by Gasteiger charge is -2.41. The Morgan fingerprint density at radius 2 is 1.76 bits per heavy atom. The summed E-state index contributed by atoms with van der Waals surface area (Å²) in [5, 5.41) is 19.5. The van der Waals surface area contributed by atoms with E-state index in [1.807, 2.05) is 47.4 Å². The van der Waals surface area contributed by atoms with E-state index in [4.69, 9.17) is 5.10 Å². The summed E-state index contributed by atoms with van der Waals surface area (Å²) < 4.78 is 0. The van der Waals surface area contributed by atoms with Crippen molar-refractivity contribution in [2.75, 3.05) is 12.1 Å². The number of nitrogens with one attached hydrogen (secondary N) is 1. The van der Waals surface area contributed by atoms with E-state index in [-0.39, 0.29) is 11.9 Å². The standard InChI is InChI=1S/C18H21N5O2/c1-13(2)17-19-21(3)18(14-9-11-16(12-10-14)23(24)25)20-22(17)15-7-5-4-6-8-15/h4-13,17,19H,1-3H3. The Labute approximate surface area is 146 Å². The number of hydrazone groups is 1. The van der Waals surface area contributed by atoms with E-state index >= 15 is 0 Å². The second kappa shape index (κ2) is 6.90. The van der Waals surface area contributed by atoms with Gasteiger partial charge < -0.3 is 0 Å². The number of nitrogens with zero attached hydrogens (tertiary/aromatic N) is 4. The van der Waals surface area contributed by atoms with Crippen LogP contribution in [0.4, 0.5) is 11.4 Å². The summed E-state index contributed by atoms with van der Waals surface area (Å²) in [6.07, 6.45) is 0.00852. The summed E-state index contributed by atoms with van der Waals surface area (Å²) in [5.74, 6) is 1.03. The number of hydrogen-bond acceptors (Lipinski definition) is 6. The van der Waals surface area contributed by atoms with Crippen LogP contribution in [0.5, 0.6) is 0 Å². The highest BCUT2D eigenvalue weighted by atomic mass is 16.6. The molecule has 0 aromatic heterocycles. The second-order valence-electron chi connectivity index (χ2n) is 6.28. The molecular formula is C18H21N5O2. The maximum absolute atomic E-state index is 10.9. The van der Waals surface area contributed by atoms with E-state index in [9.17, 15) is 10.1 Å². The first-order chi connectivity index (χ1) is 12.0. The van der Waals surface area contributed by atoms with E-state index < -0.39 is 4.92 Å². The van der Waals surface area contributed by atoms with Gasteiger partial charge in [-0.05, 0) is 30.2 Å². The van der Waals surface area contributed by atoms with Crippen LogP contribution in [-0.4, -0.2) is 29.0 Å². The van der Waals surface area contributed by atoms with Crippen LogP contribution >= 0.6 is 0 Å². The topological polar surface area (TPSA) is 74.0 Å². The van der Waals surface area contributed by atoms with Crippen LogP contribution in [0.2, 0.25) is 0 Å². The molecule has 0 bridgehead atoms. The van der Waals surface area contributed by atoms with E-state index in [0.717, 1.165) is 11.3 Å². The number of rotatable bonds is 4. The summed E-state index contributed by atoms with van der Waals surface area (Å²) >= 11 is 0. The number of hydrogen-bond donors (Lipinski definition) is 1. The van der Waals surface area contributed by atoms with E-state index in [1.54, 1.807) is 12.1 Å². The summed E-state index contributed by atoms with van der Waals surface area (Å²) in [5.41, 5.74) is 5.31. The van der Waals surface area contributed by atoms with Crippen molar-refractivity contribution in [2.45, 2.75) is 20.0 Å². The van der Waals surface area contributed by atoms with Crippen molar-refractivity contribution in [3.05, 3.63) is 70.3 Å². The van der Waals surface area contributed by atoms with Gasteiger partial charge in [-0.1, -0.05) is 32.0 Å². The number of nitro groups is 1. The minimum atomic E-state index is -0.403. The molecule has 0 amide bonds. The number of anilines is 1. The van der Waals surface area contributed by atoms with Crippen LogP contribution in [0.25, 0.3) is 0 Å². The Balaban J connectivity index is 2.01. The fraction of sp³-hybridized carbons (Fsp3) is 0.278. The van der Waals surface area contributed by atoms with Gasteiger partial charge in [-0.15, -0.1) is 0 Å². The molecule has 2 aromatic rings. The van der Waals surface area contributed by atoms with Gasteiger partial charge in [0.15, 0.2) is 5.84 Å². The highest BCUT2D eigenvalue weighted by Crippen LogP contribution is 2.24. The molecule has 2 aromatic carbocycles. The Bertz CT molecular complexity index is 774. The number of non-ortho nitro benzene ring substituents is 1. The molecule has 25 heavy (non-hydrogen) atoms. The third-order valence-electron chi connectivity index (χ3n) is 4.10. The first kappa shape index (κ1) is 16.9. The number of benzene rings is 2. The molecule has 0 saturated heterocycles. The molecule has 1 aliphatic rings. The lowest BCUT2D eigenvalue weighted by Crippen LogP contribution is -2.59. The lowest BCUT2D eigenvalue weighted by molar-refractivity contribution is -0.384. The van der Waals surface area contributed by atoms with Crippen LogP contribution in [0, 0.1) is 16.0 Å². The van der Waals surface area contributed by atoms with Crippen LogP contribution in [0.3, 0.4) is 0 Å². The minimum absolute atomic E-state index is 0.00852. The summed E-state index contributed by atoms with van der Waals surface area (Å²) in [6.45, 7) is 4.27. The predicted octanol–water partition coefficient (Wildman–Crippen LogP) is 3.20. The average Bonchev–Trinajstić information content (AvgIpc) is 2.62. The summed E-state index contributed by atoms with van der Waals surface area (Å²) in [7, 11) is 1.90. The zero-order valence-electron chi connectivity index (χ0n) is 14.5. The molecule has 1 unspecified atom stereocenters. The molecule has 0 saturated carbocycles. The molecule has 1 aliphatic heterocycles. The van der Waals surface area contributed by atoms with E-state index in [0.29, 0.717) is 11.8 Å². The van der Waals surface area contributed by atoms with Crippen molar-refractivity contribution < 1.29 is 4.92 Å². The molecule has 3 rings (SSSR count). The number of para-hydroxylation sites is 1. The third kappa shape index (κ3) is 3.46. The maximum atomic E-state index is 10.9. The maximum Gasteiger partial charge on any atom is 0.269 e. The fourth-order valence-corrected chi connectivity index (χ4v) is 2.76. The van der Waals surface area contributed by atoms with Crippen molar-refractivity contribution in [3.8, 4) is 0 Å². The van der Waals surface area contributed by atoms with Crippen LogP contribution in [0.15, 0.2) is 59.7 Å². The molecular weight excluding hydrogens is 318 g/mol. The van der Waals surface area contributed by atoms with Gasteiger partial charge in [0, 0.05) is 24.7 Å². The van der Waals surface area contributed by atoms with Gasteiger partial charge in [-0.3, -0.25) is 15.1 Å². The van der Waals surface area contributed by atoms with Crippen LogP contribution < -0.4 is 10.4 Å². The van der Waals surface area contributed by atoms with Gasteiger partial charge in [0.25, 0.3) is 5.69 Å². The Morgan fingerprint density at radius 3 is 2.32 bits per heavy atom. The first-order valence-electron chi connectivity index (χ1n) is 8.15. The van der Waals surface area contributed by atoms with Gasteiger partial charge in [-0.2, -0.15) is 5.10 Å². The molecule has 1 heterocycles. The van der Waals surface area contributed by atoms with Crippen molar-refractivity contribution in [1.82, 2.24) is 10.4 Å². The van der Waals surface area contributed by atoms with Crippen molar-refractivity contribution in [2.24, 2.45) is 11.0 Å². The van der Waals surface area contributed by atoms with Gasteiger partial charge in [0.2, 0.25) is 0 Å². The largest absolute Gasteiger partial charge is 0.291 e. The van der Waals surface area contributed by atoms with Crippen LogP contribution in [-0.2, 0) is 0 Å². The van der Waals surface area contributed by atoms with Crippen LogP contribution in [0.1, 0.15) is 19.4 Å². The molecule has 0 radical (unpaired) electrons. The molecule has 7 nitrogen and oxygen atoms in total. The quantitative estimate of drug-likeness (QED) is 0.684. The highest BCUT2D eigenvalue weighted by Gasteiger charge is 2.30. The lowest BCUT2D eigenvalue weighted by atomic mass is 10.1. The van der Waals surface area contributed by atoms with Gasteiger partial charge in [-0.25, -0.2) is 10.4 Å². The zero-order chi connectivity index (χ0) is 18.0. The molecule has 0 fully saturated rings. The Kier molecular flexibility index (Phi) is 4.67. The zero-order valence-corrected chi connectivity index (χ0v) is 14.5. The molecule has 7 heteroatoms. The van der Waals surface area contributed by atoms with Crippen molar-refractivity contribution in [3.63, 3.8) is 0 Å². The normalized spacial score (nSPS) is 17.6. The number of nitro benzene ring substituents is 1. The molecule has 0 spiro atoms. The molecule has 0 aliphatic carbocycles. The van der Waals surface area contributed by atoms with E-state index in [2.05, 4.69) is 19.3 Å². The van der Waals surface area contributed by atoms with Gasteiger partial charge in [0.1, 0.15) is 6.17 Å². The van der Waals surface area contributed by atoms with E-state index in [1.165, 1.54) is 12.1 Å². The number of hydrazine groups is 1.